The molecule has 2 heterocycles. The summed E-state index contributed by atoms with van der Waals surface area (Å²) in [4.78, 5) is 25.7. The zero-order chi connectivity index (χ0) is 17.6. The molecule has 1 atom stereocenters. The van der Waals surface area contributed by atoms with Crippen LogP contribution in [-0.2, 0) is 16.2 Å². The summed E-state index contributed by atoms with van der Waals surface area (Å²) in [7, 11) is 0. The van der Waals surface area contributed by atoms with Crippen molar-refractivity contribution in [2.24, 2.45) is 5.10 Å². The zero-order valence-electron chi connectivity index (χ0n) is 13.1. The monoisotopic (exact) mass is 337 g/mol. The molecule has 1 unspecified atom stereocenters. The zero-order valence-corrected chi connectivity index (χ0v) is 13.1. The molecule has 0 bridgehead atoms. The van der Waals surface area contributed by atoms with Crippen LogP contribution in [0.25, 0.3) is 11.1 Å². The van der Waals surface area contributed by atoms with Crippen molar-refractivity contribution in [3.8, 4) is 11.1 Å². The van der Waals surface area contributed by atoms with Gasteiger partial charge in [0.2, 0.25) is 5.78 Å². The number of nitrogens with zero attached hydrogens (tertiary/aromatic N) is 2. The van der Waals surface area contributed by atoms with Crippen molar-refractivity contribution in [1.29, 1.82) is 0 Å². The maximum atomic E-state index is 12.4. The lowest BCUT2D eigenvalue weighted by molar-refractivity contribution is -0.141. The third kappa shape index (κ3) is 2.36. The van der Waals surface area contributed by atoms with E-state index in [0.717, 1.165) is 16.7 Å². The van der Waals surface area contributed by atoms with Gasteiger partial charge in [0.25, 0.3) is 0 Å². The SMILES string of the molecule is O=C(O)C1C(=O)C2=NNCN2c2cc(-c3cccc(CO)c3)ccc21. The molecule has 0 fully saturated rings. The summed E-state index contributed by atoms with van der Waals surface area (Å²) in [6.45, 7) is 0.266. The highest BCUT2D eigenvalue weighted by molar-refractivity contribution is 6.50. The number of hydrogen-bond donors (Lipinski definition) is 3. The molecular weight excluding hydrogens is 322 g/mol. The van der Waals surface area contributed by atoms with Gasteiger partial charge in [-0.3, -0.25) is 15.0 Å². The molecule has 2 aromatic carbocycles. The maximum Gasteiger partial charge on any atom is 0.319 e. The number of carbonyl (C=O) groups excluding carboxylic acids is 1. The number of benzene rings is 2. The third-order valence-electron chi connectivity index (χ3n) is 4.47. The Kier molecular flexibility index (Phi) is 3.51. The second-order valence-corrected chi connectivity index (χ2v) is 5.95. The van der Waals surface area contributed by atoms with Crippen LogP contribution >= 0.6 is 0 Å². The summed E-state index contributed by atoms with van der Waals surface area (Å²) in [6.07, 6.45) is 0. The van der Waals surface area contributed by atoms with Gasteiger partial charge in [-0.1, -0.05) is 30.3 Å². The number of carbonyl (C=O) groups is 2. The summed E-state index contributed by atoms with van der Waals surface area (Å²) in [6, 6.07) is 12.8. The van der Waals surface area contributed by atoms with E-state index in [4.69, 9.17) is 0 Å². The van der Waals surface area contributed by atoms with Crippen LogP contribution in [0.3, 0.4) is 0 Å². The number of aliphatic hydroxyl groups excluding tert-OH is 1. The maximum absolute atomic E-state index is 12.4. The molecule has 25 heavy (non-hydrogen) atoms. The first-order valence-corrected chi connectivity index (χ1v) is 7.79. The number of aliphatic carboxylic acids is 1. The van der Waals surface area contributed by atoms with Crippen molar-refractivity contribution >= 4 is 23.3 Å². The number of Topliss-reactive ketones (excluding diaryl/α,β-unsaturated/α-hetero) is 1. The highest BCUT2D eigenvalue weighted by Crippen LogP contribution is 2.38. The molecule has 2 aromatic rings. The average Bonchev–Trinajstić information content (AvgIpc) is 3.12. The predicted octanol–water partition coefficient (Wildman–Crippen LogP) is 1.28. The van der Waals surface area contributed by atoms with Gasteiger partial charge in [0.1, 0.15) is 6.67 Å². The molecular formula is C18H15N3O4. The fourth-order valence-electron chi connectivity index (χ4n) is 3.27. The van der Waals surface area contributed by atoms with Crippen LogP contribution in [0, 0.1) is 0 Å². The number of rotatable bonds is 3. The number of ketones is 1. The van der Waals surface area contributed by atoms with E-state index in [1.54, 1.807) is 17.0 Å². The molecule has 0 spiro atoms. The Morgan fingerprint density at radius 2 is 2.04 bits per heavy atom. The highest BCUT2D eigenvalue weighted by Gasteiger charge is 2.43. The molecule has 7 heteroatoms. The number of carboxylic acid groups (broad SMARTS) is 1. The summed E-state index contributed by atoms with van der Waals surface area (Å²) in [5.74, 6) is -2.82. The molecule has 0 radical (unpaired) electrons. The molecule has 2 aliphatic rings. The van der Waals surface area contributed by atoms with Crippen molar-refractivity contribution in [1.82, 2.24) is 5.43 Å². The lowest BCUT2D eigenvalue weighted by atomic mass is 9.86. The highest BCUT2D eigenvalue weighted by atomic mass is 16.4. The predicted molar refractivity (Wildman–Crippen MR) is 91.1 cm³/mol. The summed E-state index contributed by atoms with van der Waals surface area (Å²) in [5, 5.41) is 22.7. The van der Waals surface area contributed by atoms with Gasteiger partial charge in [0.15, 0.2) is 11.8 Å². The van der Waals surface area contributed by atoms with E-state index in [2.05, 4.69) is 10.5 Å². The summed E-state index contributed by atoms with van der Waals surface area (Å²) in [5.41, 5.74) is 6.43. The van der Waals surface area contributed by atoms with E-state index in [0.29, 0.717) is 17.9 Å². The molecule has 7 nitrogen and oxygen atoms in total. The average molecular weight is 337 g/mol. The summed E-state index contributed by atoms with van der Waals surface area (Å²) >= 11 is 0. The largest absolute Gasteiger partial charge is 0.480 e. The van der Waals surface area contributed by atoms with Crippen molar-refractivity contribution in [2.75, 3.05) is 11.6 Å². The fraction of sp³-hybridized carbons (Fsp3) is 0.167. The van der Waals surface area contributed by atoms with Gasteiger partial charge in [0.05, 0.1) is 6.61 Å². The second-order valence-electron chi connectivity index (χ2n) is 5.95. The number of hydrazone groups is 1. The smallest absolute Gasteiger partial charge is 0.319 e. The molecule has 126 valence electrons. The van der Waals surface area contributed by atoms with Crippen LogP contribution < -0.4 is 10.3 Å². The van der Waals surface area contributed by atoms with Gasteiger partial charge >= 0.3 is 5.97 Å². The van der Waals surface area contributed by atoms with Gasteiger partial charge in [-0.05, 0) is 34.4 Å². The van der Waals surface area contributed by atoms with Crippen molar-refractivity contribution in [3.05, 3.63) is 53.6 Å². The number of fused-ring (bicyclic) bond motifs is 3. The Balaban J connectivity index is 1.86. The third-order valence-corrected chi connectivity index (χ3v) is 4.47. The van der Waals surface area contributed by atoms with Gasteiger partial charge in [0, 0.05) is 5.69 Å². The lowest BCUT2D eigenvalue weighted by Gasteiger charge is -2.30. The van der Waals surface area contributed by atoms with Crippen LogP contribution in [0.4, 0.5) is 5.69 Å². The fourth-order valence-corrected chi connectivity index (χ4v) is 3.27. The molecule has 0 aromatic heterocycles. The van der Waals surface area contributed by atoms with Crippen LogP contribution in [0.1, 0.15) is 17.0 Å². The lowest BCUT2D eigenvalue weighted by Crippen LogP contribution is -2.44. The first-order valence-electron chi connectivity index (χ1n) is 7.79. The minimum atomic E-state index is -1.25. The standard InChI is InChI=1S/C18H15N3O4/c22-8-10-2-1-3-11(6-10)12-4-5-13-14(7-12)21-9-19-20-17(21)16(23)15(13)18(24)25/h1-7,15,19,22H,8-9H2,(H,24,25). The van der Waals surface area contributed by atoms with Crippen LogP contribution in [0.5, 0.6) is 0 Å². The van der Waals surface area contributed by atoms with Crippen LogP contribution in [0.2, 0.25) is 0 Å². The second kappa shape index (κ2) is 5.71. The van der Waals surface area contributed by atoms with Gasteiger partial charge in [-0.2, -0.15) is 5.10 Å². The number of nitrogens with one attached hydrogen (secondary N) is 1. The first kappa shape index (κ1) is 15.3. The van der Waals surface area contributed by atoms with Crippen LogP contribution in [0.15, 0.2) is 47.6 Å². The Bertz CT molecular complexity index is 922. The van der Waals surface area contributed by atoms with E-state index >= 15 is 0 Å². The number of amidine groups is 1. The minimum Gasteiger partial charge on any atom is -0.480 e. The molecule has 0 saturated heterocycles. The number of hydrogen-bond acceptors (Lipinski definition) is 6. The van der Waals surface area contributed by atoms with E-state index < -0.39 is 17.7 Å². The van der Waals surface area contributed by atoms with E-state index in [-0.39, 0.29) is 12.4 Å². The molecule has 0 saturated carbocycles. The molecule has 0 aliphatic carbocycles. The summed E-state index contributed by atoms with van der Waals surface area (Å²) < 4.78 is 0. The Hall–Kier alpha value is -3.19. The normalized spacial score (nSPS) is 18.3. The van der Waals surface area contributed by atoms with E-state index in [1.165, 1.54) is 0 Å². The topological polar surface area (TPSA) is 102 Å². The number of anilines is 1. The Labute approximate surface area is 143 Å². The quantitative estimate of drug-likeness (QED) is 0.729. The van der Waals surface area contributed by atoms with Crippen molar-refractivity contribution < 1.29 is 19.8 Å². The molecule has 0 amide bonds. The minimum absolute atomic E-state index is 0.0543. The van der Waals surface area contributed by atoms with Gasteiger partial charge in [-0.15, -0.1) is 0 Å². The van der Waals surface area contributed by atoms with E-state index in [1.807, 2.05) is 30.3 Å². The van der Waals surface area contributed by atoms with Crippen LogP contribution in [-0.4, -0.2) is 34.5 Å². The van der Waals surface area contributed by atoms with Crippen molar-refractivity contribution in [2.45, 2.75) is 12.5 Å². The number of aliphatic hydroxyl groups is 1. The molecule has 2 aliphatic heterocycles. The first-order chi connectivity index (χ1) is 12.1. The van der Waals surface area contributed by atoms with Gasteiger partial charge in [-0.25, -0.2) is 0 Å². The molecule has 3 N–H and O–H groups in total. The number of carboxylic acids is 1. The Morgan fingerprint density at radius 3 is 2.80 bits per heavy atom. The molecule has 4 rings (SSSR count). The van der Waals surface area contributed by atoms with Gasteiger partial charge < -0.3 is 15.1 Å². The van der Waals surface area contributed by atoms with E-state index in [9.17, 15) is 19.8 Å². The Morgan fingerprint density at radius 1 is 1.24 bits per heavy atom. The van der Waals surface area contributed by atoms with Crippen molar-refractivity contribution in [3.63, 3.8) is 0 Å².